The molecule has 0 saturated carbocycles. The molecule has 1 amide bonds. The highest BCUT2D eigenvalue weighted by Gasteiger charge is 2.06. The molecule has 2 aromatic heterocycles. The van der Waals surface area contributed by atoms with E-state index in [1.54, 1.807) is 23.7 Å². The molecule has 2 aromatic rings. The van der Waals surface area contributed by atoms with E-state index in [4.69, 9.17) is 0 Å². The van der Waals surface area contributed by atoms with E-state index in [9.17, 15) is 4.79 Å². The van der Waals surface area contributed by atoms with E-state index >= 15 is 0 Å². The van der Waals surface area contributed by atoms with Gasteiger partial charge in [0.25, 0.3) is 0 Å². The standard InChI is InChI=1S/C9H10N4OS/c1-6-12-7(5-15-6)2-9(14)13-8-3-10-11-4-8/h3-5H,2H2,1H3,(H,10,11)(H,13,14). The smallest absolute Gasteiger partial charge is 0.230 e. The Bertz CT molecular complexity index is 448. The number of carbonyl (C=O) groups excluding carboxylic acids is 1. The number of aromatic amines is 1. The van der Waals surface area contributed by atoms with Crippen LogP contribution in [0.5, 0.6) is 0 Å². The lowest BCUT2D eigenvalue weighted by Gasteiger charge is -1.98. The van der Waals surface area contributed by atoms with Crippen molar-refractivity contribution < 1.29 is 4.79 Å². The fourth-order valence-electron chi connectivity index (χ4n) is 1.18. The topological polar surface area (TPSA) is 70.7 Å². The van der Waals surface area contributed by atoms with Crippen molar-refractivity contribution in [3.05, 3.63) is 28.5 Å². The summed E-state index contributed by atoms with van der Waals surface area (Å²) < 4.78 is 0. The minimum Gasteiger partial charge on any atom is -0.323 e. The fourth-order valence-corrected chi connectivity index (χ4v) is 1.79. The zero-order chi connectivity index (χ0) is 10.7. The van der Waals surface area contributed by atoms with Gasteiger partial charge in [0.05, 0.1) is 29.0 Å². The van der Waals surface area contributed by atoms with E-state index in [-0.39, 0.29) is 5.91 Å². The molecule has 0 atom stereocenters. The fraction of sp³-hybridized carbons (Fsp3) is 0.222. The van der Waals surface area contributed by atoms with Gasteiger partial charge in [-0.3, -0.25) is 9.89 Å². The van der Waals surface area contributed by atoms with Crippen molar-refractivity contribution >= 4 is 22.9 Å². The van der Waals surface area contributed by atoms with Crippen LogP contribution >= 0.6 is 11.3 Å². The lowest BCUT2D eigenvalue weighted by atomic mass is 10.3. The first-order valence-corrected chi connectivity index (χ1v) is 5.31. The van der Waals surface area contributed by atoms with Crippen molar-refractivity contribution in [3.8, 4) is 0 Å². The van der Waals surface area contributed by atoms with Crippen LogP contribution in [0.4, 0.5) is 5.69 Å². The summed E-state index contributed by atoms with van der Waals surface area (Å²) in [4.78, 5) is 15.7. The Labute approximate surface area is 90.6 Å². The number of thiazole rings is 1. The van der Waals surface area contributed by atoms with Crippen molar-refractivity contribution in [1.29, 1.82) is 0 Å². The molecule has 0 saturated heterocycles. The Morgan fingerprint density at radius 3 is 3.13 bits per heavy atom. The van der Waals surface area contributed by atoms with Crippen LogP contribution < -0.4 is 5.32 Å². The summed E-state index contributed by atoms with van der Waals surface area (Å²) in [5.74, 6) is -0.0818. The van der Waals surface area contributed by atoms with Crippen molar-refractivity contribution in [3.63, 3.8) is 0 Å². The Balaban J connectivity index is 1.93. The van der Waals surface area contributed by atoms with Gasteiger partial charge in [-0.25, -0.2) is 4.98 Å². The third-order valence-corrected chi connectivity index (χ3v) is 2.61. The molecule has 5 nitrogen and oxygen atoms in total. The van der Waals surface area contributed by atoms with Crippen LogP contribution in [0.1, 0.15) is 10.7 Å². The number of amides is 1. The number of H-pyrrole nitrogens is 1. The summed E-state index contributed by atoms with van der Waals surface area (Å²) in [6.07, 6.45) is 3.49. The van der Waals surface area contributed by atoms with Crippen molar-refractivity contribution in [2.45, 2.75) is 13.3 Å². The van der Waals surface area contributed by atoms with Gasteiger partial charge in [-0.2, -0.15) is 5.10 Å². The molecule has 0 aromatic carbocycles. The maximum absolute atomic E-state index is 11.5. The summed E-state index contributed by atoms with van der Waals surface area (Å²) >= 11 is 1.54. The van der Waals surface area contributed by atoms with Crippen LogP contribution in [-0.2, 0) is 11.2 Å². The van der Waals surface area contributed by atoms with Gasteiger partial charge in [-0.1, -0.05) is 0 Å². The van der Waals surface area contributed by atoms with Crippen LogP contribution in [0.2, 0.25) is 0 Å². The molecule has 0 bridgehead atoms. The van der Waals surface area contributed by atoms with E-state index in [2.05, 4.69) is 20.5 Å². The average Bonchev–Trinajstić information content (AvgIpc) is 2.77. The van der Waals surface area contributed by atoms with Gasteiger partial charge >= 0.3 is 0 Å². The SMILES string of the molecule is Cc1nc(CC(=O)Nc2cn[nH]c2)cs1. The van der Waals surface area contributed by atoms with E-state index in [1.807, 2.05) is 12.3 Å². The lowest BCUT2D eigenvalue weighted by molar-refractivity contribution is -0.115. The minimum atomic E-state index is -0.0818. The summed E-state index contributed by atoms with van der Waals surface area (Å²) in [7, 11) is 0. The second-order valence-electron chi connectivity index (χ2n) is 3.07. The summed E-state index contributed by atoms with van der Waals surface area (Å²) in [6, 6.07) is 0. The van der Waals surface area contributed by atoms with Gasteiger partial charge in [0.1, 0.15) is 0 Å². The third kappa shape index (κ3) is 2.63. The van der Waals surface area contributed by atoms with Gasteiger partial charge in [0, 0.05) is 11.6 Å². The normalized spacial score (nSPS) is 10.2. The molecule has 0 aliphatic heterocycles. The molecule has 0 fully saturated rings. The van der Waals surface area contributed by atoms with Gasteiger partial charge in [-0.15, -0.1) is 11.3 Å². The number of nitrogens with one attached hydrogen (secondary N) is 2. The summed E-state index contributed by atoms with van der Waals surface area (Å²) in [5.41, 5.74) is 1.48. The Kier molecular flexibility index (Phi) is 2.77. The van der Waals surface area contributed by atoms with Crippen LogP contribution in [0.15, 0.2) is 17.8 Å². The number of anilines is 1. The average molecular weight is 222 g/mol. The van der Waals surface area contributed by atoms with Gasteiger partial charge in [0.15, 0.2) is 0 Å². The number of aryl methyl sites for hydroxylation is 1. The third-order valence-electron chi connectivity index (χ3n) is 1.79. The van der Waals surface area contributed by atoms with E-state index in [1.165, 1.54) is 0 Å². The van der Waals surface area contributed by atoms with Gasteiger partial charge in [0.2, 0.25) is 5.91 Å². The van der Waals surface area contributed by atoms with E-state index in [0.717, 1.165) is 10.7 Å². The van der Waals surface area contributed by atoms with Crippen molar-refractivity contribution in [2.24, 2.45) is 0 Å². The molecule has 0 aliphatic carbocycles. The quantitative estimate of drug-likeness (QED) is 0.823. The number of hydrogen-bond donors (Lipinski definition) is 2. The summed E-state index contributed by atoms with van der Waals surface area (Å²) in [5, 5.41) is 11.9. The molecule has 2 N–H and O–H groups in total. The summed E-state index contributed by atoms with van der Waals surface area (Å²) in [6.45, 7) is 1.92. The largest absolute Gasteiger partial charge is 0.323 e. The van der Waals surface area contributed by atoms with Gasteiger partial charge < -0.3 is 5.32 Å². The molecule has 6 heteroatoms. The van der Waals surface area contributed by atoms with Crippen LogP contribution in [0.3, 0.4) is 0 Å². The molecule has 0 aliphatic rings. The zero-order valence-corrected chi connectivity index (χ0v) is 8.97. The first kappa shape index (κ1) is 9.85. The highest BCUT2D eigenvalue weighted by atomic mass is 32.1. The maximum atomic E-state index is 11.5. The molecular formula is C9H10N4OS. The minimum absolute atomic E-state index is 0.0818. The van der Waals surface area contributed by atoms with Crippen LogP contribution in [0.25, 0.3) is 0 Å². The maximum Gasteiger partial charge on any atom is 0.230 e. The second-order valence-corrected chi connectivity index (χ2v) is 4.13. The lowest BCUT2D eigenvalue weighted by Crippen LogP contribution is -2.14. The molecule has 0 unspecified atom stereocenters. The number of rotatable bonds is 3. The predicted octanol–water partition coefficient (Wildman–Crippen LogP) is 1.36. The Morgan fingerprint density at radius 2 is 2.53 bits per heavy atom. The number of nitrogens with zero attached hydrogens (tertiary/aromatic N) is 2. The highest BCUT2D eigenvalue weighted by molar-refractivity contribution is 7.09. The molecule has 2 heterocycles. The van der Waals surface area contributed by atoms with Gasteiger partial charge in [-0.05, 0) is 6.92 Å². The number of carbonyl (C=O) groups is 1. The number of hydrogen-bond acceptors (Lipinski definition) is 4. The molecule has 2 rings (SSSR count). The zero-order valence-electron chi connectivity index (χ0n) is 8.15. The molecule has 0 spiro atoms. The monoisotopic (exact) mass is 222 g/mol. The first-order chi connectivity index (χ1) is 7.24. The molecule has 0 radical (unpaired) electrons. The molecule has 15 heavy (non-hydrogen) atoms. The number of aromatic nitrogens is 3. The Hall–Kier alpha value is -1.69. The van der Waals surface area contributed by atoms with Crippen LogP contribution in [-0.4, -0.2) is 21.1 Å². The molecule has 78 valence electrons. The van der Waals surface area contributed by atoms with Crippen molar-refractivity contribution in [2.75, 3.05) is 5.32 Å². The van der Waals surface area contributed by atoms with Crippen LogP contribution in [0, 0.1) is 6.92 Å². The van der Waals surface area contributed by atoms with E-state index in [0.29, 0.717) is 12.1 Å². The first-order valence-electron chi connectivity index (χ1n) is 4.43. The van der Waals surface area contributed by atoms with E-state index < -0.39 is 0 Å². The highest BCUT2D eigenvalue weighted by Crippen LogP contribution is 2.09. The predicted molar refractivity (Wildman–Crippen MR) is 57.8 cm³/mol. The second kappa shape index (κ2) is 4.22. The van der Waals surface area contributed by atoms with Crippen molar-refractivity contribution in [1.82, 2.24) is 15.2 Å². The Morgan fingerprint density at radius 1 is 1.67 bits per heavy atom. The molecular weight excluding hydrogens is 212 g/mol.